The molecule has 0 bridgehead atoms. The van der Waals surface area contributed by atoms with E-state index in [2.05, 4.69) is 10.4 Å². The number of carbonyl (C=O) groups excluding carboxylic acids is 2. The Morgan fingerprint density at radius 3 is 2.64 bits per heavy atom. The average Bonchev–Trinajstić information content (AvgIpc) is 2.44. The van der Waals surface area contributed by atoms with Crippen molar-refractivity contribution in [2.45, 2.75) is 20.4 Å². The number of rotatable bonds is 3. The Hall–Kier alpha value is -1.65. The van der Waals surface area contributed by atoms with Crippen LogP contribution in [0.4, 0.5) is 0 Å². The van der Waals surface area contributed by atoms with Gasteiger partial charge >= 0.3 is 0 Å². The molecule has 5 nitrogen and oxygen atoms in total. The van der Waals surface area contributed by atoms with E-state index in [0.717, 1.165) is 11.3 Å². The minimum absolute atomic E-state index is 0.345. The summed E-state index contributed by atoms with van der Waals surface area (Å²) in [5, 5.41) is 6.53. The first-order valence-electron chi connectivity index (χ1n) is 4.28. The van der Waals surface area contributed by atoms with Crippen molar-refractivity contribution in [3.05, 3.63) is 17.5 Å². The first kappa shape index (κ1) is 10.4. The third kappa shape index (κ3) is 2.18. The van der Waals surface area contributed by atoms with Crippen molar-refractivity contribution in [3.63, 3.8) is 0 Å². The van der Waals surface area contributed by atoms with Crippen molar-refractivity contribution < 1.29 is 9.59 Å². The molecule has 1 N–H and O–H groups in total. The number of hydrogen-bond acceptors (Lipinski definition) is 3. The maximum absolute atomic E-state index is 10.9. The molecule has 0 saturated carbocycles. The fraction of sp³-hybridized carbons (Fsp3) is 0.444. The summed E-state index contributed by atoms with van der Waals surface area (Å²) in [5.74, 6) is -1.04. The summed E-state index contributed by atoms with van der Waals surface area (Å²) in [7, 11) is 1.83. The molecule has 1 aromatic heterocycles. The van der Waals surface area contributed by atoms with Crippen LogP contribution in [-0.2, 0) is 23.2 Å². The van der Waals surface area contributed by atoms with E-state index >= 15 is 0 Å². The molecule has 0 saturated heterocycles. The third-order valence-electron chi connectivity index (χ3n) is 2.10. The van der Waals surface area contributed by atoms with Crippen LogP contribution in [0.3, 0.4) is 0 Å². The SMILES string of the molecule is CC(=O)C(=O)NCc1cnn(C)c1C. The van der Waals surface area contributed by atoms with E-state index in [1.54, 1.807) is 10.9 Å². The number of nitrogens with zero attached hydrogens (tertiary/aromatic N) is 2. The van der Waals surface area contributed by atoms with E-state index in [1.165, 1.54) is 6.92 Å². The molecule has 76 valence electrons. The van der Waals surface area contributed by atoms with Gasteiger partial charge in [-0.2, -0.15) is 5.10 Å². The first-order chi connectivity index (χ1) is 6.52. The van der Waals surface area contributed by atoms with Gasteiger partial charge in [0.2, 0.25) is 5.78 Å². The molecule has 0 aliphatic rings. The van der Waals surface area contributed by atoms with Crippen LogP contribution < -0.4 is 5.32 Å². The molecule has 14 heavy (non-hydrogen) atoms. The monoisotopic (exact) mass is 195 g/mol. The second kappa shape index (κ2) is 4.04. The smallest absolute Gasteiger partial charge is 0.287 e. The summed E-state index contributed by atoms with van der Waals surface area (Å²) in [5.41, 5.74) is 1.90. The van der Waals surface area contributed by atoms with Gasteiger partial charge in [-0.3, -0.25) is 14.3 Å². The molecule has 5 heteroatoms. The highest BCUT2D eigenvalue weighted by Gasteiger charge is 2.08. The number of Topliss-reactive ketones (excluding diaryl/α,β-unsaturated/α-hetero) is 1. The van der Waals surface area contributed by atoms with E-state index < -0.39 is 11.7 Å². The molecular weight excluding hydrogens is 182 g/mol. The van der Waals surface area contributed by atoms with Gasteiger partial charge in [-0.25, -0.2) is 0 Å². The predicted octanol–water partition coefficient (Wildman–Crippen LogP) is -0.0663. The standard InChI is InChI=1S/C9H13N3O2/c1-6-8(5-11-12(6)3)4-10-9(14)7(2)13/h5H,4H2,1-3H3,(H,10,14). The predicted molar refractivity (Wildman–Crippen MR) is 50.5 cm³/mol. The van der Waals surface area contributed by atoms with Gasteiger partial charge in [0.25, 0.3) is 5.91 Å². The normalized spacial score (nSPS) is 9.93. The molecule has 0 unspecified atom stereocenters. The second-order valence-electron chi connectivity index (χ2n) is 3.12. The minimum atomic E-state index is -0.562. The van der Waals surface area contributed by atoms with Crippen LogP contribution in [0.1, 0.15) is 18.2 Å². The van der Waals surface area contributed by atoms with Gasteiger partial charge in [-0.1, -0.05) is 0 Å². The number of ketones is 1. The Balaban J connectivity index is 2.58. The van der Waals surface area contributed by atoms with E-state index in [4.69, 9.17) is 0 Å². The Kier molecular flexibility index (Phi) is 3.01. The van der Waals surface area contributed by atoms with Gasteiger partial charge in [0.1, 0.15) is 0 Å². The number of aryl methyl sites for hydroxylation is 1. The van der Waals surface area contributed by atoms with Crippen molar-refractivity contribution in [1.82, 2.24) is 15.1 Å². The summed E-state index contributed by atoms with van der Waals surface area (Å²) in [6.07, 6.45) is 1.68. The molecule has 1 amide bonds. The molecule has 1 rings (SSSR count). The zero-order valence-electron chi connectivity index (χ0n) is 8.50. The topological polar surface area (TPSA) is 64.0 Å². The van der Waals surface area contributed by atoms with Crippen molar-refractivity contribution >= 4 is 11.7 Å². The maximum Gasteiger partial charge on any atom is 0.287 e. The maximum atomic E-state index is 10.9. The van der Waals surface area contributed by atoms with Gasteiger partial charge in [-0.15, -0.1) is 0 Å². The lowest BCUT2D eigenvalue weighted by molar-refractivity contribution is -0.136. The molecule has 0 spiro atoms. The highest BCUT2D eigenvalue weighted by molar-refractivity contribution is 6.35. The van der Waals surface area contributed by atoms with Gasteiger partial charge in [-0.05, 0) is 6.92 Å². The van der Waals surface area contributed by atoms with E-state index in [9.17, 15) is 9.59 Å². The number of amides is 1. The summed E-state index contributed by atoms with van der Waals surface area (Å²) < 4.78 is 1.72. The molecule has 1 aromatic rings. The van der Waals surface area contributed by atoms with Gasteiger partial charge in [0.05, 0.1) is 6.20 Å². The lowest BCUT2D eigenvalue weighted by Gasteiger charge is -2.01. The van der Waals surface area contributed by atoms with Crippen LogP contribution >= 0.6 is 0 Å². The van der Waals surface area contributed by atoms with Crippen LogP contribution in [0.25, 0.3) is 0 Å². The number of nitrogens with one attached hydrogen (secondary N) is 1. The van der Waals surface area contributed by atoms with Crippen molar-refractivity contribution in [2.24, 2.45) is 7.05 Å². The molecule has 0 fully saturated rings. The van der Waals surface area contributed by atoms with Crippen LogP contribution in [0.2, 0.25) is 0 Å². The summed E-state index contributed by atoms with van der Waals surface area (Å²) in [6.45, 7) is 3.49. The van der Waals surface area contributed by atoms with Gasteiger partial charge in [0, 0.05) is 31.8 Å². The number of carbonyl (C=O) groups is 2. The van der Waals surface area contributed by atoms with Crippen molar-refractivity contribution in [3.8, 4) is 0 Å². The quantitative estimate of drug-likeness (QED) is 0.687. The van der Waals surface area contributed by atoms with E-state index in [0.29, 0.717) is 6.54 Å². The van der Waals surface area contributed by atoms with Crippen molar-refractivity contribution in [2.75, 3.05) is 0 Å². The largest absolute Gasteiger partial charge is 0.345 e. The zero-order valence-corrected chi connectivity index (χ0v) is 8.50. The average molecular weight is 195 g/mol. The molecule has 0 aliphatic heterocycles. The van der Waals surface area contributed by atoms with Crippen LogP contribution in [-0.4, -0.2) is 21.5 Å². The highest BCUT2D eigenvalue weighted by Crippen LogP contribution is 2.04. The highest BCUT2D eigenvalue weighted by atomic mass is 16.2. The summed E-state index contributed by atoms with van der Waals surface area (Å²) in [6, 6.07) is 0. The Morgan fingerprint density at radius 2 is 2.21 bits per heavy atom. The first-order valence-corrected chi connectivity index (χ1v) is 4.28. The number of aromatic nitrogens is 2. The molecule has 0 radical (unpaired) electrons. The fourth-order valence-electron chi connectivity index (χ4n) is 1.02. The Bertz CT molecular complexity index is 368. The van der Waals surface area contributed by atoms with E-state index in [1.807, 2.05) is 14.0 Å². The summed E-state index contributed by atoms with van der Waals surface area (Å²) >= 11 is 0. The van der Waals surface area contributed by atoms with Crippen LogP contribution in [0, 0.1) is 6.92 Å². The third-order valence-corrected chi connectivity index (χ3v) is 2.10. The van der Waals surface area contributed by atoms with Gasteiger partial charge in [0.15, 0.2) is 0 Å². The molecular formula is C9H13N3O2. The van der Waals surface area contributed by atoms with E-state index in [-0.39, 0.29) is 0 Å². The lowest BCUT2D eigenvalue weighted by atomic mass is 10.2. The second-order valence-corrected chi connectivity index (χ2v) is 3.12. The van der Waals surface area contributed by atoms with Crippen LogP contribution in [0.5, 0.6) is 0 Å². The summed E-state index contributed by atoms with van der Waals surface area (Å²) in [4.78, 5) is 21.6. The molecule has 1 heterocycles. The zero-order chi connectivity index (χ0) is 10.7. The Morgan fingerprint density at radius 1 is 1.57 bits per heavy atom. The molecule has 0 atom stereocenters. The number of hydrogen-bond donors (Lipinski definition) is 1. The van der Waals surface area contributed by atoms with Crippen molar-refractivity contribution in [1.29, 1.82) is 0 Å². The van der Waals surface area contributed by atoms with Gasteiger partial charge < -0.3 is 5.32 Å². The molecule has 0 aliphatic carbocycles. The van der Waals surface area contributed by atoms with Crippen LogP contribution in [0.15, 0.2) is 6.20 Å². The minimum Gasteiger partial charge on any atom is -0.345 e. The fourth-order valence-corrected chi connectivity index (χ4v) is 1.02. The Labute approximate surface area is 82.1 Å². The lowest BCUT2D eigenvalue weighted by Crippen LogP contribution is -2.28. The molecule has 0 aromatic carbocycles.